The van der Waals surface area contributed by atoms with Gasteiger partial charge in [0.15, 0.2) is 0 Å². The summed E-state index contributed by atoms with van der Waals surface area (Å²) in [4.78, 5) is 19.4. The maximum Gasteiger partial charge on any atom is 0.305 e. The quantitative estimate of drug-likeness (QED) is 0.602. The molecule has 5 nitrogen and oxygen atoms in total. The molecule has 0 aromatic heterocycles. The maximum absolute atomic E-state index is 9.70. The molecule has 0 rings (SSSR count). The minimum absolute atomic E-state index is 0.191. The van der Waals surface area contributed by atoms with Crippen LogP contribution in [0.25, 0.3) is 0 Å². The molecule has 0 atom stereocenters. The second kappa shape index (κ2) is 8.99. The molecule has 0 radical (unpaired) electrons. The number of hydrogen-bond donors (Lipinski definition) is 3. The van der Waals surface area contributed by atoms with Crippen molar-refractivity contribution in [3.63, 3.8) is 0 Å². The average Bonchev–Trinajstić information content (AvgIpc) is 2.01. The highest BCUT2D eigenvalue weighted by molar-refractivity contribution is 5.68. The molecule has 0 aliphatic carbocycles. The van der Waals surface area contributed by atoms with Gasteiger partial charge in [-0.15, -0.1) is 0 Å². The van der Waals surface area contributed by atoms with Crippen LogP contribution < -0.4 is 5.73 Å². The Morgan fingerprint density at radius 2 is 1.69 bits per heavy atom. The largest absolute Gasteiger partial charge is 0.481 e. The fourth-order valence-electron chi connectivity index (χ4n) is 0.253. The van der Waals surface area contributed by atoms with Crippen LogP contribution in [0.3, 0.4) is 0 Å². The van der Waals surface area contributed by atoms with E-state index in [9.17, 15) is 9.59 Å². The summed E-state index contributed by atoms with van der Waals surface area (Å²) in [7, 11) is 0. The van der Waals surface area contributed by atoms with Gasteiger partial charge in [0.1, 0.15) is 0 Å². The van der Waals surface area contributed by atoms with Gasteiger partial charge in [-0.2, -0.15) is 0 Å². The van der Waals surface area contributed by atoms with Crippen LogP contribution in [0.1, 0.15) is 26.7 Å². The van der Waals surface area contributed by atoms with Gasteiger partial charge in [0.05, 0.1) is 5.92 Å². The summed E-state index contributed by atoms with van der Waals surface area (Å²) in [6.07, 6.45) is 0.770. The molecule has 0 bridgehead atoms. The molecule has 78 valence electrons. The third-order valence-electron chi connectivity index (χ3n) is 1.09. The zero-order chi connectivity index (χ0) is 10.9. The summed E-state index contributed by atoms with van der Waals surface area (Å²) in [5, 5.41) is 16.0. The van der Waals surface area contributed by atoms with Crippen molar-refractivity contribution in [1.82, 2.24) is 0 Å². The number of carboxylic acids is 2. The Morgan fingerprint density at radius 1 is 1.31 bits per heavy atom. The average molecular weight is 191 g/mol. The zero-order valence-corrected chi connectivity index (χ0v) is 7.99. The lowest BCUT2D eigenvalue weighted by Gasteiger charge is -1.89. The van der Waals surface area contributed by atoms with Gasteiger partial charge in [0.2, 0.25) is 0 Å². The second-order valence-electron chi connectivity index (χ2n) is 2.78. The number of nitrogens with two attached hydrogens (primary N) is 1. The first kappa shape index (κ1) is 14.4. The van der Waals surface area contributed by atoms with E-state index in [4.69, 9.17) is 15.9 Å². The predicted octanol–water partition coefficient (Wildman–Crippen LogP) is 0.537. The lowest BCUT2D eigenvalue weighted by atomic mass is 10.2. The normalized spacial score (nSPS) is 8.92. The molecule has 0 aliphatic rings. The Labute approximate surface area is 77.6 Å². The maximum atomic E-state index is 9.70. The third kappa shape index (κ3) is 18.1. The standard InChI is InChI=1S/C4H9NO2.C4H8O2/c5-3-1-2-4(6)7;1-3(2)4(5)6/h1-3,5H2,(H,6,7);3H,1-2H3,(H,5,6). The van der Waals surface area contributed by atoms with E-state index in [1.54, 1.807) is 13.8 Å². The topological polar surface area (TPSA) is 101 Å². The van der Waals surface area contributed by atoms with Gasteiger partial charge in [-0.05, 0) is 13.0 Å². The molecule has 5 heteroatoms. The number of rotatable bonds is 4. The second-order valence-corrected chi connectivity index (χ2v) is 2.78. The summed E-state index contributed by atoms with van der Waals surface area (Å²) in [5.41, 5.74) is 5.01. The Bertz CT molecular complexity index is 156. The lowest BCUT2D eigenvalue weighted by molar-refractivity contribution is -0.140. The van der Waals surface area contributed by atoms with E-state index in [2.05, 4.69) is 0 Å². The highest BCUT2D eigenvalue weighted by Gasteiger charge is 1.99. The summed E-state index contributed by atoms with van der Waals surface area (Å²) in [6.45, 7) is 3.75. The highest BCUT2D eigenvalue weighted by atomic mass is 16.4. The van der Waals surface area contributed by atoms with Crippen molar-refractivity contribution in [2.45, 2.75) is 26.7 Å². The summed E-state index contributed by atoms with van der Waals surface area (Å²) in [6, 6.07) is 0. The molecule has 0 aliphatic heterocycles. The molecular formula is C8H17NO4. The molecule has 0 fully saturated rings. The first-order valence-electron chi connectivity index (χ1n) is 4.06. The molecule has 0 saturated carbocycles. The first-order chi connectivity index (χ1) is 5.91. The number of aliphatic carboxylic acids is 2. The van der Waals surface area contributed by atoms with E-state index in [1.807, 2.05) is 0 Å². The predicted molar refractivity (Wildman–Crippen MR) is 48.4 cm³/mol. The van der Waals surface area contributed by atoms with Crippen LogP contribution in [0.15, 0.2) is 0 Å². The van der Waals surface area contributed by atoms with Gasteiger partial charge < -0.3 is 15.9 Å². The van der Waals surface area contributed by atoms with Crippen molar-refractivity contribution in [2.24, 2.45) is 11.7 Å². The van der Waals surface area contributed by atoms with Crippen molar-refractivity contribution in [3.05, 3.63) is 0 Å². The van der Waals surface area contributed by atoms with Crippen molar-refractivity contribution < 1.29 is 19.8 Å². The fraction of sp³-hybridized carbons (Fsp3) is 0.750. The molecule has 0 aromatic rings. The van der Waals surface area contributed by atoms with E-state index in [-0.39, 0.29) is 12.3 Å². The number of hydrogen-bond acceptors (Lipinski definition) is 3. The minimum atomic E-state index is -0.773. The van der Waals surface area contributed by atoms with E-state index < -0.39 is 11.9 Å². The monoisotopic (exact) mass is 191 g/mol. The van der Waals surface area contributed by atoms with Gasteiger partial charge in [-0.25, -0.2) is 0 Å². The summed E-state index contributed by atoms with van der Waals surface area (Å²) >= 11 is 0. The van der Waals surface area contributed by atoms with Crippen molar-refractivity contribution in [2.75, 3.05) is 6.54 Å². The van der Waals surface area contributed by atoms with E-state index >= 15 is 0 Å². The van der Waals surface area contributed by atoms with E-state index in [1.165, 1.54) is 0 Å². The smallest absolute Gasteiger partial charge is 0.305 e. The fourth-order valence-corrected chi connectivity index (χ4v) is 0.253. The zero-order valence-electron chi connectivity index (χ0n) is 7.99. The van der Waals surface area contributed by atoms with Gasteiger partial charge in [-0.3, -0.25) is 9.59 Å². The molecular weight excluding hydrogens is 174 g/mol. The molecule has 4 N–H and O–H groups in total. The molecule has 0 amide bonds. The Morgan fingerprint density at radius 3 is 1.77 bits per heavy atom. The Kier molecular flexibility index (Phi) is 9.98. The Hall–Kier alpha value is -1.10. The third-order valence-corrected chi connectivity index (χ3v) is 1.09. The SMILES string of the molecule is CC(C)C(=O)O.NCCCC(=O)O. The van der Waals surface area contributed by atoms with E-state index in [0.717, 1.165) is 0 Å². The van der Waals surface area contributed by atoms with Crippen molar-refractivity contribution in [3.8, 4) is 0 Å². The molecule has 13 heavy (non-hydrogen) atoms. The van der Waals surface area contributed by atoms with Crippen molar-refractivity contribution in [1.29, 1.82) is 0 Å². The highest BCUT2D eigenvalue weighted by Crippen LogP contribution is 1.87. The molecule has 0 heterocycles. The van der Waals surface area contributed by atoms with Crippen LogP contribution in [0.5, 0.6) is 0 Å². The lowest BCUT2D eigenvalue weighted by Crippen LogP contribution is -2.03. The van der Waals surface area contributed by atoms with E-state index in [0.29, 0.717) is 13.0 Å². The number of carbonyl (C=O) groups is 2. The minimum Gasteiger partial charge on any atom is -0.481 e. The molecule has 0 spiro atoms. The van der Waals surface area contributed by atoms with Crippen LogP contribution in [0.2, 0.25) is 0 Å². The van der Waals surface area contributed by atoms with Crippen molar-refractivity contribution >= 4 is 11.9 Å². The first-order valence-corrected chi connectivity index (χ1v) is 4.06. The van der Waals surface area contributed by atoms with Gasteiger partial charge in [0, 0.05) is 6.42 Å². The van der Waals surface area contributed by atoms with Crippen LogP contribution in [-0.4, -0.2) is 28.7 Å². The molecule has 0 unspecified atom stereocenters. The van der Waals surface area contributed by atoms with Crippen LogP contribution in [0.4, 0.5) is 0 Å². The van der Waals surface area contributed by atoms with Crippen LogP contribution in [0, 0.1) is 5.92 Å². The Balaban J connectivity index is 0. The number of carboxylic acid groups (broad SMARTS) is 2. The summed E-state index contributed by atoms with van der Waals surface area (Å²) < 4.78 is 0. The molecule has 0 aromatic carbocycles. The van der Waals surface area contributed by atoms with Crippen LogP contribution in [-0.2, 0) is 9.59 Å². The van der Waals surface area contributed by atoms with Gasteiger partial charge >= 0.3 is 11.9 Å². The summed E-state index contributed by atoms with van der Waals surface area (Å²) in [5.74, 6) is -1.74. The van der Waals surface area contributed by atoms with Gasteiger partial charge in [-0.1, -0.05) is 13.8 Å². The molecule has 0 saturated heterocycles. The van der Waals surface area contributed by atoms with Gasteiger partial charge in [0.25, 0.3) is 0 Å². The van der Waals surface area contributed by atoms with Crippen LogP contribution >= 0.6 is 0 Å².